The molecule has 0 spiro atoms. The first kappa shape index (κ1) is 17.2. The minimum absolute atomic E-state index is 0.329. The molecule has 0 saturated carbocycles. The van der Waals surface area contributed by atoms with E-state index in [4.69, 9.17) is 9.15 Å². The molecule has 1 amide bonds. The molecule has 0 aliphatic rings. The van der Waals surface area contributed by atoms with E-state index in [0.717, 1.165) is 15.4 Å². The first-order valence-corrected chi connectivity index (χ1v) is 8.53. The zero-order valence-corrected chi connectivity index (χ0v) is 15.1. The summed E-state index contributed by atoms with van der Waals surface area (Å²) in [4.78, 5) is 23.9. The molecule has 0 aliphatic carbocycles. The predicted molar refractivity (Wildman–Crippen MR) is 97.2 cm³/mol. The van der Waals surface area contributed by atoms with Crippen LogP contribution in [0.2, 0.25) is 0 Å². The van der Waals surface area contributed by atoms with Crippen molar-refractivity contribution in [2.24, 2.45) is 0 Å². The molecule has 0 aliphatic heterocycles. The molecule has 0 bridgehead atoms. The van der Waals surface area contributed by atoms with Gasteiger partial charge in [0.15, 0.2) is 6.61 Å². The molecule has 6 heteroatoms. The lowest BCUT2D eigenvalue weighted by molar-refractivity contribution is -0.125. The van der Waals surface area contributed by atoms with Crippen LogP contribution in [0.15, 0.2) is 63.5 Å². The van der Waals surface area contributed by atoms with Gasteiger partial charge in [-0.05, 0) is 37.3 Å². The zero-order chi connectivity index (χ0) is 17.8. The quantitative estimate of drug-likeness (QED) is 0.649. The van der Waals surface area contributed by atoms with Gasteiger partial charge in [-0.25, -0.2) is 4.79 Å². The highest BCUT2D eigenvalue weighted by Crippen LogP contribution is 2.23. The molecule has 1 atom stereocenters. The Balaban J connectivity index is 1.55. The third kappa shape index (κ3) is 4.28. The molecule has 0 unspecified atom stereocenters. The van der Waals surface area contributed by atoms with Crippen molar-refractivity contribution in [2.75, 3.05) is 6.61 Å². The molecular weight excluding hydrogens is 386 g/mol. The van der Waals surface area contributed by atoms with Crippen LogP contribution in [0.1, 0.15) is 29.1 Å². The van der Waals surface area contributed by atoms with Crippen LogP contribution in [0.3, 0.4) is 0 Å². The van der Waals surface area contributed by atoms with Gasteiger partial charge in [0.1, 0.15) is 11.3 Å². The Morgan fingerprint density at radius 2 is 1.96 bits per heavy atom. The lowest BCUT2D eigenvalue weighted by Crippen LogP contribution is -2.31. The molecule has 1 heterocycles. The summed E-state index contributed by atoms with van der Waals surface area (Å²) in [5, 5.41) is 3.73. The number of amides is 1. The number of furan rings is 1. The minimum Gasteiger partial charge on any atom is -0.459 e. The second-order valence-corrected chi connectivity index (χ2v) is 6.48. The maximum Gasteiger partial charge on any atom is 0.338 e. The Labute approximate surface area is 153 Å². The van der Waals surface area contributed by atoms with Gasteiger partial charge in [0.25, 0.3) is 5.91 Å². The first-order chi connectivity index (χ1) is 12.0. The van der Waals surface area contributed by atoms with E-state index in [1.54, 1.807) is 24.3 Å². The number of para-hydroxylation sites is 1. The van der Waals surface area contributed by atoms with Crippen molar-refractivity contribution in [1.29, 1.82) is 0 Å². The molecule has 2 aromatic carbocycles. The zero-order valence-electron chi connectivity index (χ0n) is 13.5. The maximum atomic E-state index is 12.0. The second-order valence-electron chi connectivity index (χ2n) is 5.56. The Morgan fingerprint density at radius 3 is 2.72 bits per heavy atom. The van der Waals surface area contributed by atoms with Crippen molar-refractivity contribution in [3.05, 3.63) is 70.4 Å². The van der Waals surface area contributed by atoms with Crippen LogP contribution >= 0.6 is 15.9 Å². The Morgan fingerprint density at radius 1 is 1.16 bits per heavy atom. The van der Waals surface area contributed by atoms with Crippen LogP contribution in [0.25, 0.3) is 11.0 Å². The Hall–Kier alpha value is -2.60. The van der Waals surface area contributed by atoms with Crippen LogP contribution in [0.5, 0.6) is 0 Å². The fourth-order valence-corrected chi connectivity index (χ4v) is 2.80. The molecule has 0 radical (unpaired) electrons. The van der Waals surface area contributed by atoms with Gasteiger partial charge in [-0.15, -0.1) is 0 Å². The van der Waals surface area contributed by atoms with E-state index in [1.807, 2.05) is 37.3 Å². The number of ether oxygens (including phenoxy) is 1. The number of fused-ring (bicyclic) bond motifs is 1. The Bertz CT molecular complexity index is 885. The van der Waals surface area contributed by atoms with Gasteiger partial charge in [-0.2, -0.15) is 0 Å². The number of nitrogens with one attached hydrogen (secondary N) is 1. The largest absolute Gasteiger partial charge is 0.459 e. The summed E-state index contributed by atoms with van der Waals surface area (Å²) in [6.07, 6.45) is 0. The molecular formula is C19H16BrNO4. The maximum absolute atomic E-state index is 12.0. The molecule has 0 fully saturated rings. The van der Waals surface area contributed by atoms with Gasteiger partial charge < -0.3 is 14.5 Å². The Kier molecular flexibility index (Phi) is 5.19. The van der Waals surface area contributed by atoms with Crippen LogP contribution in [-0.2, 0) is 9.53 Å². The van der Waals surface area contributed by atoms with E-state index in [9.17, 15) is 9.59 Å². The smallest absolute Gasteiger partial charge is 0.338 e. The normalized spacial score (nSPS) is 11.9. The number of halogens is 1. The molecule has 128 valence electrons. The summed E-state index contributed by atoms with van der Waals surface area (Å²) in [7, 11) is 0. The number of rotatable bonds is 5. The highest BCUT2D eigenvalue weighted by atomic mass is 79.9. The van der Waals surface area contributed by atoms with Gasteiger partial charge in [-0.1, -0.05) is 40.2 Å². The van der Waals surface area contributed by atoms with Crippen molar-refractivity contribution >= 4 is 38.8 Å². The van der Waals surface area contributed by atoms with Gasteiger partial charge in [0.05, 0.1) is 11.6 Å². The fourth-order valence-electron chi connectivity index (χ4n) is 2.40. The summed E-state index contributed by atoms with van der Waals surface area (Å²) in [5.41, 5.74) is 1.15. The van der Waals surface area contributed by atoms with Crippen LogP contribution in [0.4, 0.5) is 0 Å². The number of benzene rings is 2. The topological polar surface area (TPSA) is 68.5 Å². The van der Waals surface area contributed by atoms with Crippen molar-refractivity contribution in [2.45, 2.75) is 13.0 Å². The highest BCUT2D eigenvalue weighted by molar-refractivity contribution is 9.10. The SMILES string of the molecule is C[C@@H](NC(=O)COC(=O)c1cccc(Br)c1)c1cc2ccccc2o1. The number of carbonyl (C=O) groups is 2. The van der Waals surface area contributed by atoms with E-state index in [1.165, 1.54) is 0 Å². The van der Waals surface area contributed by atoms with Crippen LogP contribution < -0.4 is 5.32 Å². The molecule has 3 aromatic rings. The molecule has 1 N–H and O–H groups in total. The molecule has 3 rings (SSSR count). The summed E-state index contributed by atoms with van der Waals surface area (Å²) in [6.45, 7) is 1.46. The predicted octanol–water partition coefficient (Wildman–Crippen LogP) is 4.23. The average molecular weight is 402 g/mol. The second kappa shape index (κ2) is 7.53. The van der Waals surface area contributed by atoms with Gasteiger partial charge in [-0.3, -0.25) is 4.79 Å². The monoisotopic (exact) mass is 401 g/mol. The molecule has 5 nitrogen and oxygen atoms in total. The third-order valence-electron chi connectivity index (χ3n) is 3.64. The van der Waals surface area contributed by atoms with E-state index in [0.29, 0.717) is 11.3 Å². The average Bonchev–Trinajstić information content (AvgIpc) is 3.04. The first-order valence-electron chi connectivity index (χ1n) is 7.73. The number of hydrogen-bond donors (Lipinski definition) is 1. The summed E-state index contributed by atoms with van der Waals surface area (Å²) >= 11 is 3.29. The van der Waals surface area contributed by atoms with E-state index < -0.39 is 11.9 Å². The number of hydrogen-bond acceptors (Lipinski definition) is 4. The third-order valence-corrected chi connectivity index (χ3v) is 4.14. The van der Waals surface area contributed by atoms with Crippen LogP contribution in [-0.4, -0.2) is 18.5 Å². The van der Waals surface area contributed by atoms with E-state index in [-0.39, 0.29) is 12.6 Å². The lowest BCUT2D eigenvalue weighted by Gasteiger charge is -2.11. The van der Waals surface area contributed by atoms with Crippen molar-refractivity contribution in [1.82, 2.24) is 5.32 Å². The summed E-state index contributed by atoms with van der Waals surface area (Å²) < 4.78 is 11.5. The van der Waals surface area contributed by atoms with E-state index in [2.05, 4.69) is 21.2 Å². The summed E-state index contributed by atoms with van der Waals surface area (Å²) in [6, 6.07) is 16.0. The fraction of sp³-hybridized carbons (Fsp3) is 0.158. The van der Waals surface area contributed by atoms with E-state index >= 15 is 0 Å². The van der Waals surface area contributed by atoms with Gasteiger partial charge >= 0.3 is 5.97 Å². The van der Waals surface area contributed by atoms with Gasteiger partial charge in [0.2, 0.25) is 0 Å². The standard InChI is InChI=1S/C19H16BrNO4/c1-12(17-10-13-5-2-3-8-16(13)25-17)21-18(22)11-24-19(23)14-6-4-7-15(20)9-14/h2-10,12H,11H2,1H3,(H,21,22)/t12-/m1/s1. The highest BCUT2D eigenvalue weighted by Gasteiger charge is 2.16. The van der Waals surface area contributed by atoms with Crippen molar-refractivity contribution in [3.63, 3.8) is 0 Å². The molecule has 0 saturated heterocycles. The number of esters is 1. The van der Waals surface area contributed by atoms with Crippen molar-refractivity contribution < 1.29 is 18.7 Å². The lowest BCUT2D eigenvalue weighted by atomic mass is 10.2. The summed E-state index contributed by atoms with van der Waals surface area (Å²) in [5.74, 6) is -0.294. The van der Waals surface area contributed by atoms with Crippen molar-refractivity contribution in [3.8, 4) is 0 Å². The number of carbonyl (C=O) groups excluding carboxylic acids is 2. The van der Waals surface area contributed by atoms with Gasteiger partial charge in [0, 0.05) is 9.86 Å². The van der Waals surface area contributed by atoms with Crippen LogP contribution in [0, 0.1) is 0 Å². The minimum atomic E-state index is -0.548. The molecule has 25 heavy (non-hydrogen) atoms. The molecule has 1 aromatic heterocycles.